The Kier molecular flexibility index (Phi) is 7.17. The summed E-state index contributed by atoms with van der Waals surface area (Å²) in [6, 6.07) is 1.99. The van der Waals surface area contributed by atoms with E-state index < -0.39 is 0 Å². The highest BCUT2D eigenvalue weighted by Gasteiger charge is 2.26. The molecule has 0 spiro atoms. The van der Waals surface area contributed by atoms with Gasteiger partial charge in [-0.2, -0.15) is 0 Å². The van der Waals surface area contributed by atoms with Crippen LogP contribution in [0, 0.1) is 0 Å². The van der Waals surface area contributed by atoms with Crippen LogP contribution in [0.5, 0.6) is 0 Å². The molecule has 6 heterocycles. The predicted molar refractivity (Wildman–Crippen MR) is 151 cm³/mol. The van der Waals surface area contributed by atoms with E-state index in [0.717, 1.165) is 54.1 Å². The summed E-state index contributed by atoms with van der Waals surface area (Å²) in [5.41, 5.74) is 8.74. The van der Waals surface area contributed by atoms with Gasteiger partial charge in [0.05, 0.1) is 16.6 Å². The zero-order valence-corrected chi connectivity index (χ0v) is 23.3. The quantitative estimate of drug-likeness (QED) is 0.307. The summed E-state index contributed by atoms with van der Waals surface area (Å²) in [4.78, 5) is 51.3. The van der Waals surface area contributed by atoms with Crippen LogP contribution in [0.3, 0.4) is 0 Å². The number of aromatic nitrogens is 6. The van der Waals surface area contributed by atoms with Crippen LogP contribution < -0.4 is 16.2 Å². The van der Waals surface area contributed by atoms with Crippen LogP contribution in [0.1, 0.15) is 38.3 Å². The summed E-state index contributed by atoms with van der Waals surface area (Å²) < 4.78 is 1.63. The molecule has 6 rings (SSSR count). The number of nitrogens with two attached hydrogens (primary N) is 1. The number of carbonyl (C=O) groups is 1. The lowest BCUT2D eigenvalue weighted by Crippen LogP contribution is -2.28. The molecule has 0 radical (unpaired) electrons. The molecule has 13 heteroatoms. The third-order valence-corrected chi connectivity index (χ3v) is 8.59. The molecule has 0 aromatic carbocycles. The third-order valence-electron chi connectivity index (χ3n) is 7.35. The van der Waals surface area contributed by atoms with Gasteiger partial charge in [-0.3, -0.25) is 14.2 Å². The van der Waals surface area contributed by atoms with Gasteiger partial charge in [-0.05, 0) is 43.5 Å². The normalized spacial score (nSPS) is 17.8. The molecular weight excluding hydrogens is 538 g/mol. The number of carbonyl (C=O) groups excluding carboxylic acids is 1. The molecule has 0 bridgehead atoms. The van der Waals surface area contributed by atoms with Crippen molar-refractivity contribution < 1.29 is 4.79 Å². The summed E-state index contributed by atoms with van der Waals surface area (Å²) in [5.74, 6) is 0.971. The van der Waals surface area contributed by atoms with Crippen molar-refractivity contribution in [1.82, 2.24) is 34.4 Å². The van der Waals surface area contributed by atoms with Crippen LogP contribution in [-0.4, -0.2) is 72.5 Å². The van der Waals surface area contributed by atoms with Gasteiger partial charge in [-0.25, -0.2) is 19.9 Å². The summed E-state index contributed by atoms with van der Waals surface area (Å²) >= 11 is 8.10. The van der Waals surface area contributed by atoms with Gasteiger partial charge >= 0.3 is 0 Å². The van der Waals surface area contributed by atoms with E-state index in [1.807, 2.05) is 17.9 Å². The average Bonchev–Trinajstić information content (AvgIpc) is 3.63. The summed E-state index contributed by atoms with van der Waals surface area (Å²) in [6.45, 7) is 5.46. The molecule has 1 amide bonds. The second-order valence-corrected chi connectivity index (χ2v) is 11.4. The monoisotopic (exact) mass is 567 g/mol. The highest BCUT2D eigenvalue weighted by molar-refractivity contribution is 7.99. The Hall–Kier alpha value is -3.22. The first-order chi connectivity index (χ1) is 18.9. The number of aromatic amines is 1. The lowest BCUT2D eigenvalue weighted by Gasteiger charge is -2.18. The predicted octanol–water partition coefficient (Wildman–Crippen LogP) is 2.98. The maximum atomic E-state index is 12.6. The zero-order valence-electron chi connectivity index (χ0n) is 21.7. The maximum absolute atomic E-state index is 12.6. The number of rotatable bonds is 8. The largest absolute Gasteiger partial charge is 0.354 e. The molecule has 2 aliphatic rings. The van der Waals surface area contributed by atoms with Gasteiger partial charge in [0.15, 0.2) is 10.8 Å². The molecule has 39 heavy (non-hydrogen) atoms. The topological polar surface area (TPSA) is 139 Å². The third kappa shape index (κ3) is 5.08. The number of hydrogen-bond donors (Lipinski definition) is 2. The smallest absolute Gasteiger partial charge is 0.270 e. The number of fused-ring (bicyclic) bond motifs is 2. The molecule has 4 aromatic heterocycles. The lowest BCUT2D eigenvalue weighted by molar-refractivity contribution is -0.127. The molecule has 11 nitrogen and oxygen atoms in total. The van der Waals surface area contributed by atoms with Gasteiger partial charge < -0.3 is 20.5 Å². The van der Waals surface area contributed by atoms with Gasteiger partial charge in [0.1, 0.15) is 17.0 Å². The summed E-state index contributed by atoms with van der Waals surface area (Å²) in [5, 5.41) is 2.04. The first-order valence-corrected chi connectivity index (χ1v) is 14.5. The Morgan fingerprint density at radius 3 is 2.79 bits per heavy atom. The molecule has 2 saturated heterocycles. The van der Waals surface area contributed by atoms with Crippen LogP contribution in [0.2, 0.25) is 5.02 Å². The molecule has 2 fully saturated rings. The summed E-state index contributed by atoms with van der Waals surface area (Å²) in [7, 11) is 0. The van der Waals surface area contributed by atoms with Crippen molar-refractivity contribution in [2.45, 2.75) is 61.7 Å². The Labute approximate surface area is 234 Å². The second kappa shape index (κ2) is 10.7. The number of pyridine rings is 1. The van der Waals surface area contributed by atoms with E-state index in [-0.39, 0.29) is 17.5 Å². The van der Waals surface area contributed by atoms with E-state index in [1.165, 1.54) is 18.0 Å². The van der Waals surface area contributed by atoms with E-state index in [2.05, 4.69) is 19.9 Å². The molecule has 0 aliphatic carbocycles. The number of H-pyrrole nitrogens is 1. The second-order valence-electron chi connectivity index (χ2n) is 10.0. The van der Waals surface area contributed by atoms with Gasteiger partial charge in [0, 0.05) is 62.0 Å². The fraction of sp³-hybridized carbons (Fsp3) is 0.462. The number of halogens is 1. The summed E-state index contributed by atoms with van der Waals surface area (Å²) in [6.07, 6.45) is 6.88. The molecule has 1 atom stereocenters. The number of nitrogens with one attached hydrogen (secondary N) is 1. The zero-order chi connectivity index (χ0) is 27.1. The molecule has 204 valence electrons. The standard InChI is InChI=1S/C26H30ClN9O2S/c1-2-17-22(27)21-23(31-17)32-26(33-25(21)35-10-6-15(28)14-35)39-16-11-18-24(30-12-16)36(20(38)13-29-18)9-4-8-34-7-3-5-19(34)37/h11-13,15H,2-10,14,28H2,1H3,(H,31,32,33)/t15-/m1/s1. The fourth-order valence-corrected chi connectivity index (χ4v) is 6.45. The van der Waals surface area contributed by atoms with E-state index in [0.29, 0.717) is 59.5 Å². The van der Waals surface area contributed by atoms with Crippen molar-refractivity contribution in [1.29, 1.82) is 0 Å². The number of hydrogen-bond acceptors (Lipinski definition) is 9. The molecule has 3 N–H and O–H groups in total. The minimum absolute atomic E-state index is 0.0960. The van der Waals surface area contributed by atoms with Gasteiger partial charge in [-0.15, -0.1) is 0 Å². The Balaban J connectivity index is 1.28. The van der Waals surface area contributed by atoms with Crippen molar-refractivity contribution in [3.8, 4) is 0 Å². The van der Waals surface area contributed by atoms with Crippen molar-refractivity contribution in [3.63, 3.8) is 0 Å². The number of likely N-dealkylation sites (tertiary alicyclic amines) is 1. The van der Waals surface area contributed by atoms with Crippen LogP contribution in [-0.2, 0) is 17.8 Å². The van der Waals surface area contributed by atoms with Gasteiger partial charge in [0.25, 0.3) is 5.56 Å². The minimum Gasteiger partial charge on any atom is -0.354 e. The van der Waals surface area contributed by atoms with Gasteiger partial charge in [-0.1, -0.05) is 18.5 Å². The maximum Gasteiger partial charge on any atom is 0.270 e. The molecule has 2 aliphatic heterocycles. The van der Waals surface area contributed by atoms with Crippen LogP contribution in [0.25, 0.3) is 22.2 Å². The number of aryl methyl sites for hydroxylation is 2. The number of amides is 1. The molecular formula is C26H30ClN9O2S. The first kappa shape index (κ1) is 26.0. The van der Waals surface area contributed by atoms with E-state index in [1.54, 1.807) is 10.8 Å². The van der Waals surface area contributed by atoms with Crippen molar-refractivity contribution in [2.24, 2.45) is 5.73 Å². The lowest BCUT2D eigenvalue weighted by atomic mass is 10.3. The molecule has 4 aromatic rings. The average molecular weight is 568 g/mol. The number of anilines is 1. The molecule has 0 saturated carbocycles. The highest BCUT2D eigenvalue weighted by Crippen LogP contribution is 2.37. The van der Waals surface area contributed by atoms with E-state index in [4.69, 9.17) is 27.3 Å². The minimum atomic E-state index is -0.208. The van der Waals surface area contributed by atoms with Crippen molar-refractivity contribution in [3.05, 3.63) is 39.5 Å². The Morgan fingerprint density at radius 2 is 2.05 bits per heavy atom. The van der Waals surface area contributed by atoms with Crippen LogP contribution in [0.4, 0.5) is 5.82 Å². The van der Waals surface area contributed by atoms with Crippen molar-refractivity contribution >= 4 is 57.3 Å². The first-order valence-electron chi connectivity index (χ1n) is 13.3. The van der Waals surface area contributed by atoms with Gasteiger partial charge in [0.2, 0.25) is 5.91 Å². The number of nitrogens with zero attached hydrogens (tertiary/aromatic N) is 7. The Morgan fingerprint density at radius 1 is 1.18 bits per heavy atom. The Bertz CT molecular complexity index is 1620. The highest BCUT2D eigenvalue weighted by atomic mass is 35.5. The fourth-order valence-electron chi connectivity index (χ4n) is 5.33. The SMILES string of the molecule is CCc1[nH]c2nc(Sc3cnc4c(c3)ncc(=O)n4CCCN3CCCC3=O)nc(N3CC[C@@H](N)C3)c2c1Cl. The van der Waals surface area contributed by atoms with Crippen molar-refractivity contribution in [2.75, 3.05) is 31.1 Å². The van der Waals surface area contributed by atoms with E-state index in [9.17, 15) is 9.59 Å². The van der Waals surface area contributed by atoms with E-state index >= 15 is 0 Å². The van der Waals surface area contributed by atoms with Crippen LogP contribution in [0.15, 0.2) is 33.3 Å². The molecule has 0 unspecified atom stereocenters. The van der Waals surface area contributed by atoms with Crippen LogP contribution >= 0.6 is 23.4 Å².